The maximum Gasteiger partial charge on any atom is 0.340 e. The number of ether oxygens (including phenoxy) is 1. The largest absolute Gasteiger partial charge is 0.462 e. The lowest BCUT2D eigenvalue weighted by Gasteiger charge is -2.34. The van der Waals surface area contributed by atoms with E-state index in [4.69, 9.17) is 4.74 Å². The van der Waals surface area contributed by atoms with Crippen molar-refractivity contribution in [3.8, 4) is 0 Å². The highest BCUT2D eigenvalue weighted by molar-refractivity contribution is 6.01. The Morgan fingerprint density at radius 1 is 1.17 bits per heavy atom. The third-order valence-corrected chi connectivity index (χ3v) is 5.25. The number of esters is 1. The molecule has 3 amide bonds. The highest BCUT2D eigenvalue weighted by Gasteiger charge is 2.30. The van der Waals surface area contributed by atoms with Crippen LogP contribution in [0.15, 0.2) is 24.3 Å². The number of nitrogens with one attached hydrogen (secondary N) is 1. The molecule has 7 nitrogen and oxygen atoms in total. The lowest BCUT2D eigenvalue weighted by Crippen LogP contribution is -2.48. The topological polar surface area (TPSA) is 79.0 Å². The zero-order valence-electron chi connectivity index (χ0n) is 17.8. The number of anilines is 1. The lowest BCUT2D eigenvalue weighted by atomic mass is 9.96. The third kappa shape index (κ3) is 6.21. The van der Waals surface area contributed by atoms with E-state index >= 15 is 0 Å². The van der Waals surface area contributed by atoms with Crippen LogP contribution in [0, 0.1) is 5.92 Å². The number of hydrogen-bond acceptors (Lipinski definition) is 4. The Morgan fingerprint density at radius 3 is 2.59 bits per heavy atom. The number of likely N-dealkylation sites (tertiary alicyclic amines) is 1. The average Bonchev–Trinajstić information content (AvgIpc) is 2.75. The van der Waals surface area contributed by atoms with Gasteiger partial charge >= 0.3 is 12.0 Å². The highest BCUT2D eigenvalue weighted by atomic mass is 16.5. The molecular formula is C22H33N3O4. The number of piperidine rings is 1. The molecule has 0 aromatic heterocycles. The first-order valence-electron chi connectivity index (χ1n) is 10.6. The van der Waals surface area contributed by atoms with Crippen molar-refractivity contribution in [1.29, 1.82) is 0 Å². The number of unbranched alkanes of at least 4 members (excludes halogenated alkanes) is 1. The number of carbonyl (C=O) groups is 3. The molecule has 1 aromatic carbocycles. The van der Waals surface area contributed by atoms with Crippen molar-refractivity contribution in [2.75, 3.05) is 38.1 Å². The molecule has 1 aliphatic rings. The Morgan fingerprint density at radius 2 is 1.90 bits per heavy atom. The number of urea groups is 1. The molecule has 0 spiro atoms. The molecule has 1 fully saturated rings. The molecule has 1 atom stereocenters. The fraction of sp³-hybridized carbons (Fsp3) is 0.591. The number of para-hydroxylation sites is 1. The van der Waals surface area contributed by atoms with Crippen molar-refractivity contribution in [3.05, 3.63) is 29.8 Å². The molecule has 0 saturated carbocycles. The molecule has 1 aliphatic heterocycles. The fourth-order valence-corrected chi connectivity index (χ4v) is 3.51. The number of amides is 3. The molecule has 1 unspecified atom stereocenters. The van der Waals surface area contributed by atoms with Gasteiger partial charge in [0.1, 0.15) is 0 Å². The van der Waals surface area contributed by atoms with E-state index in [1.807, 2.05) is 25.7 Å². The molecule has 2 rings (SSSR count). The van der Waals surface area contributed by atoms with Gasteiger partial charge in [-0.3, -0.25) is 4.79 Å². The molecule has 0 aliphatic carbocycles. The number of rotatable bonds is 8. The number of carbonyl (C=O) groups excluding carboxylic acids is 3. The summed E-state index contributed by atoms with van der Waals surface area (Å²) in [5.74, 6) is -0.515. The van der Waals surface area contributed by atoms with Gasteiger partial charge in [0.15, 0.2) is 0 Å². The summed E-state index contributed by atoms with van der Waals surface area (Å²) in [6.45, 7) is 8.65. The van der Waals surface area contributed by atoms with Gasteiger partial charge in [-0.05, 0) is 45.2 Å². The molecule has 0 radical (unpaired) electrons. The molecule has 1 N–H and O–H groups in total. The predicted molar refractivity (Wildman–Crippen MR) is 113 cm³/mol. The lowest BCUT2D eigenvalue weighted by molar-refractivity contribution is -0.136. The van der Waals surface area contributed by atoms with Crippen LogP contribution in [0.4, 0.5) is 10.5 Å². The van der Waals surface area contributed by atoms with Crippen LogP contribution in [-0.2, 0) is 9.53 Å². The fourth-order valence-electron chi connectivity index (χ4n) is 3.51. The van der Waals surface area contributed by atoms with Gasteiger partial charge in [0.25, 0.3) is 0 Å². The first-order chi connectivity index (χ1) is 14.0. The van der Waals surface area contributed by atoms with Crippen molar-refractivity contribution >= 4 is 23.6 Å². The van der Waals surface area contributed by atoms with Crippen molar-refractivity contribution in [2.45, 2.75) is 46.5 Å². The summed E-state index contributed by atoms with van der Waals surface area (Å²) in [6.07, 6.45) is 3.31. The molecule has 0 bridgehead atoms. The third-order valence-electron chi connectivity index (χ3n) is 5.25. The second-order valence-corrected chi connectivity index (χ2v) is 7.26. The maximum atomic E-state index is 12.8. The Labute approximate surface area is 173 Å². The van der Waals surface area contributed by atoms with Crippen LogP contribution >= 0.6 is 0 Å². The van der Waals surface area contributed by atoms with Gasteiger partial charge in [-0.2, -0.15) is 0 Å². The average molecular weight is 404 g/mol. The molecule has 160 valence electrons. The monoisotopic (exact) mass is 403 g/mol. The van der Waals surface area contributed by atoms with Gasteiger partial charge in [0.05, 0.1) is 23.8 Å². The highest BCUT2D eigenvalue weighted by Crippen LogP contribution is 2.22. The summed E-state index contributed by atoms with van der Waals surface area (Å²) < 4.78 is 5.28. The van der Waals surface area contributed by atoms with Crippen molar-refractivity contribution in [3.63, 3.8) is 0 Å². The number of nitrogens with zero attached hydrogens (tertiary/aromatic N) is 2. The zero-order valence-corrected chi connectivity index (χ0v) is 17.8. The molecule has 1 saturated heterocycles. The summed E-state index contributed by atoms with van der Waals surface area (Å²) in [5, 5.41) is 2.83. The summed E-state index contributed by atoms with van der Waals surface area (Å²) in [7, 11) is 0. The normalized spacial score (nSPS) is 16.2. The first kappa shape index (κ1) is 22.7. The Kier molecular flexibility index (Phi) is 8.96. The van der Waals surface area contributed by atoms with Gasteiger partial charge in [0.2, 0.25) is 5.91 Å². The van der Waals surface area contributed by atoms with E-state index in [0.717, 1.165) is 25.7 Å². The van der Waals surface area contributed by atoms with Crippen molar-refractivity contribution < 1.29 is 19.1 Å². The predicted octanol–water partition coefficient (Wildman–Crippen LogP) is 3.76. The van der Waals surface area contributed by atoms with Crippen LogP contribution in [0.5, 0.6) is 0 Å². The molecule has 1 heterocycles. The van der Waals surface area contributed by atoms with Crippen LogP contribution in [0.1, 0.15) is 56.8 Å². The molecule has 29 heavy (non-hydrogen) atoms. The second kappa shape index (κ2) is 11.4. The molecule has 7 heteroatoms. The zero-order chi connectivity index (χ0) is 21.2. The van der Waals surface area contributed by atoms with Gasteiger partial charge in [-0.15, -0.1) is 0 Å². The van der Waals surface area contributed by atoms with Crippen molar-refractivity contribution in [1.82, 2.24) is 9.80 Å². The Bertz CT molecular complexity index is 703. The van der Waals surface area contributed by atoms with E-state index in [9.17, 15) is 14.4 Å². The van der Waals surface area contributed by atoms with Gasteiger partial charge < -0.3 is 19.9 Å². The molecular weight excluding hydrogens is 370 g/mol. The van der Waals surface area contributed by atoms with Crippen molar-refractivity contribution in [2.24, 2.45) is 5.92 Å². The summed E-state index contributed by atoms with van der Waals surface area (Å²) in [5.41, 5.74) is 0.765. The maximum absolute atomic E-state index is 12.8. The minimum atomic E-state index is -0.442. The van der Waals surface area contributed by atoms with Crippen LogP contribution in [0.2, 0.25) is 0 Å². The standard InChI is InChI=1S/C22H33N3O4/c1-4-7-15-29-21(27)18-12-8-9-13-19(18)23-22(28)25-14-10-11-17(16-25)20(26)24(5-2)6-3/h8-9,12-13,17H,4-7,10-11,14-16H2,1-3H3,(H,23,28). The van der Waals surface area contributed by atoms with E-state index in [0.29, 0.717) is 44.0 Å². The SMILES string of the molecule is CCCCOC(=O)c1ccccc1NC(=O)N1CCCC(C(=O)N(CC)CC)C1. The number of benzene rings is 1. The van der Waals surface area contributed by atoms with Gasteiger partial charge in [-0.25, -0.2) is 9.59 Å². The van der Waals surface area contributed by atoms with Crippen LogP contribution in [0.25, 0.3) is 0 Å². The van der Waals surface area contributed by atoms with E-state index < -0.39 is 5.97 Å². The van der Waals surface area contributed by atoms with Crippen LogP contribution in [-0.4, -0.2) is 60.5 Å². The Hall–Kier alpha value is -2.57. The summed E-state index contributed by atoms with van der Waals surface area (Å²) in [6, 6.07) is 6.55. The second-order valence-electron chi connectivity index (χ2n) is 7.26. The minimum absolute atomic E-state index is 0.104. The van der Waals surface area contributed by atoms with Gasteiger partial charge in [0, 0.05) is 26.2 Å². The van der Waals surface area contributed by atoms with E-state index in [1.54, 1.807) is 29.2 Å². The smallest absolute Gasteiger partial charge is 0.340 e. The van der Waals surface area contributed by atoms with Crippen LogP contribution < -0.4 is 5.32 Å². The molecule has 1 aromatic rings. The van der Waals surface area contributed by atoms with E-state index in [1.165, 1.54) is 0 Å². The quantitative estimate of drug-likeness (QED) is 0.529. The summed E-state index contributed by atoms with van der Waals surface area (Å²) in [4.78, 5) is 41.3. The van der Waals surface area contributed by atoms with E-state index in [2.05, 4.69) is 5.32 Å². The number of hydrogen-bond donors (Lipinski definition) is 1. The van der Waals surface area contributed by atoms with Gasteiger partial charge in [-0.1, -0.05) is 25.5 Å². The Balaban J connectivity index is 2.03. The summed E-state index contributed by atoms with van der Waals surface area (Å²) >= 11 is 0. The minimum Gasteiger partial charge on any atom is -0.462 e. The van der Waals surface area contributed by atoms with E-state index in [-0.39, 0.29) is 17.9 Å². The van der Waals surface area contributed by atoms with Crippen LogP contribution in [0.3, 0.4) is 0 Å². The first-order valence-corrected chi connectivity index (χ1v) is 10.6.